The Kier molecular flexibility index (Phi) is 3.60. The molecule has 0 saturated heterocycles. The van der Waals surface area contributed by atoms with E-state index in [4.69, 9.17) is 11.6 Å². The molecule has 0 spiro atoms. The first kappa shape index (κ1) is 13.7. The maximum Gasteiger partial charge on any atom is 0.148 e. The lowest BCUT2D eigenvalue weighted by molar-refractivity contribution is 0.561. The first-order valence-electron chi connectivity index (χ1n) is 5.98. The Morgan fingerprint density at radius 2 is 2.06 bits per heavy atom. The van der Waals surface area contributed by atoms with Crippen molar-refractivity contribution in [1.82, 2.24) is 0 Å². The highest BCUT2D eigenvalue weighted by atomic mass is 35.5. The standard InChI is InChI=1S/C13H18ClNO2S/c1-10-3-4-12(11(14)7-10)15-8-13(5-6-13)9-18(2,16)17/h3-4,7,15H,5-6,8-9H2,1-2H3. The molecule has 0 bridgehead atoms. The third-order valence-corrected chi connectivity index (χ3v) is 4.75. The van der Waals surface area contributed by atoms with Gasteiger partial charge in [0.2, 0.25) is 0 Å². The number of hydrogen-bond acceptors (Lipinski definition) is 3. The van der Waals surface area contributed by atoms with Crippen LogP contribution in [0.4, 0.5) is 5.69 Å². The number of aryl methyl sites for hydroxylation is 1. The van der Waals surface area contributed by atoms with Crippen molar-refractivity contribution < 1.29 is 8.42 Å². The molecule has 0 unspecified atom stereocenters. The van der Waals surface area contributed by atoms with Crippen LogP contribution >= 0.6 is 11.6 Å². The van der Waals surface area contributed by atoms with Crippen molar-refractivity contribution >= 4 is 27.1 Å². The summed E-state index contributed by atoms with van der Waals surface area (Å²) in [5.41, 5.74) is 1.91. The lowest BCUT2D eigenvalue weighted by atomic mass is 10.1. The molecule has 2 rings (SSSR count). The molecular weight excluding hydrogens is 270 g/mol. The second kappa shape index (κ2) is 4.74. The Labute approximate surface area is 113 Å². The molecule has 1 aromatic rings. The highest BCUT2D eigenvalue weighted by Crippen LogP contribution is 2.46. The fourth-order valence-corrected chi connectivity index (χ4v) is 3.96. The summed E-state index contributed by atoms with van der Waals surface area (Å²) >= 11 is 6.13. The number of sulfone groups is 1. The molecule has 0 amide bonds. The summed E-state index contributed by atoms with van der Waals surface area (Å²) in [6, 6.07) is 5.83. The van der Waals surface area contributed by atoms with Crippen LogP contribution in [0.1, 0.15) is 18.4 Å². The summed E-state index contributed by atoms with van der Waals surface area (Å²) < 4.78 is 22.7. The molecule has 0 atom stereocenters. The number of benzene rings is 1. The number of anilines is 1. The maximum absolute atomic E-state index is 11.4. The zero-order valence-electron chi connectivity index (χ0n) is 10.7. The van der Waals surface area contributed by atoms with Crippen molar-refractivity contribution in [3.63, 3.8) is 0 Å². The van der Waals surface area contributed by atoms with Gasteiger partial charge in [0.25, 0.3) is 0 Å². The summed E-state index contributed by atoms with van der Waals surface area (Å²) in [5.74, 6) is 0.260. The van der Waals surface area contributed by atoms with Crippen LogP contribution in [0, 0.1) is 12.3 Å². The van der Waals surface area contributed by atoms with Crippen molar-refractivity contribution in [3.05, 3.63) is 28.8 Å². The fourth-order valence-electron chi connectivity index (χ4n) is 2.15. The minimum Gasteiger partial charge on any atom is -0.383 e. The average Bonchev–Trinajstić information content (AvgIpc) is 2.94. The van der Waals surface area contributed by atoms with Crippen LogP contribution in [0.5, 0.6) is 0 Å². The highest BCUT2D eigenvalue weighted by molar-refractivity contribution is 7.90. The predicted molar refractivity (Wildman–Crippen MR) is 76.1 cm³/mol. The first-order chi connectivity index (χ1) is 8.30. The molecule has 18 heavy (non-hydrogen) atoms. The molecule has 1 aliphatic carbocycles. The van der Waals surface area contributed by atoms with Crippen molar-refractivity contribution in [2.45, 2.75) is 19.8 Å². The predicted octanol–water partition coefficient (Wildman–Crippen LogP) is 2.89. The van der Waals surface area contributed by atoms with Crippen LogP contribution in [0.15, 0.2) is 18.2 Å². The fraction of sp³-hybridized carbons (Fsp3) is 0.538. The Morgan fingerprint density at radius 3 is 2.56 bits per heavy atom. The van der Waals surface area contributed by atoms with Crippen LogP contribution in [0.25, 0.3) is 0 Å². The largest absolute Gasteiger partial charge is 0.383 e. The van der Waals surface area contributed by atoms with E-state index in [0.717, 1.165) is 24.1 Å². The Morgan fingerprint density at radius 1 is 1.39 bits per heavy atom. The van der Waals surface area contributed by atoms with Crippen LogP contribution < -0.4 is 5.32 Å². The molecule has 0 radical (unpaired) electrons. The van der Waals surface area contributed by atoms with E-state index in [9.17, 15) is 8.42 Å². The molecule has 5 heteroatoms. The molecule has 0 heterocycles. The van der Waals surface area contributed by atoms with Gasteiger partial charge in [-0.15, -0.1) is 0 Å². The Hall–Kier alpha value is -0.740. The molecule has 1 aromatic carbocycles. The van der Waals surface area contributed by atoms with Crippen LogP contribution in [-0.4, -0.2) is 27.0 Å². The van der Waals surface area contributed by atoms with Crippen molar-refractivity contribution in [2.24, 2.45) is 5.41 Å². The number of halogens is 1. The lowest BCUT2D eigenvalue weighted by Gasteiger charge is -2.16. The van der Waals surface area contributed by atoms with Crippen molar-refractivity contribution in [2.75, 3.05) is 23.9 Å². The van der Waals surface area contributed by atoms with Gasteiger partial charge in [0.05, 0.1) is 16.5 Å². The summed E-state index contributed by atoms with van der Waals surface area (Å²) in [7, 11) is -2.91. The van der Waals surface area contributed by atoms with Crippen molar-refractivity contribution in [1.29, 1.82) is 0 Å². The average molecular weight is 288 g/mol. The number of hydrogen-bond donors (Lipinski definition) is 1. The normalized spacial score (nSPS) is 17.5. The Bertz CT molecular complexity index is 550. The molecule has 1 fully saturated rings. The third-order valence-electron chi connectivity index (χ3n) is 3.30. The van der Waals surface area contributed by atoms with Gasteiger partial charge in [0.1, 0.15) is 9.84 Å². The first-order valence-corrected chi connectivity index (χ1v) is 8.41. The van der Waals surface area contributed by atoms with E-state index in [1.165, 1.54) is 6.26 Å². The van der Waals surface area contributed by atoms with Gasteiger partial charge < -0.3 is 5.32 Å². The van der Waals surface area contributed by atoms with Gasteiger partial charge in [0, 0.05) is 18.2 Å². The minimum absolute atomic E-state index is 0.0815. The topological polar surface area (TPSA) is 46.2 Å². The van der Waals surface area contributed by atoms with Gasteiger partial charge in [-0.2, -0.15) is 0 Å². The van der Waals surface area contributed by atoms with E-state index in [1.54, 1.807) is 0 Å². The quantitative estimate of drug-likeness (QED) is 0.906. The second-order valence-electron chi connectivity index (χ2n) is 5.41. The van der Waals surface area contributed by atoms with E-state index >= 15 is 0 Å². The molecule has 0 aromatic heterocycles. The smallest absolute Gasteiger partial charge is 0.148 e. The van der Waals surface area contributed by atoms with Gasteiger partial charge in [-0.05, 0) is 37.5 Å². The molecule has 0 aliphatic heterocycles. The van der Waals surface area contributed by atoms with Crippen LogP contribution in [-0.2, 0) is 9.84 Å². The summed E-state index contributed by atoms with van der Waals surface area (Å²) in [6.45, 7) is 2.66. The maximum atomic E-state index is 11.4. The monoisotopic (exact) mass is 287 g/mol. The van der Waals surface area contributed by atoms with Crippen LogP contribution in [0.2, 0.25) is 5.02 Å². The number of nitrogens with one attached hydrogen (secondary N) is 1. The van der Waals surface area contributed by atoms with E-state index in [-0.39, 0.29) is 11.2 Å². The molecule has 1 saturated carbocycles. The SMILES string of the molecule is Cc1ccc(NCC2(CS(C)(=O)=O)CC2)c(Cl)c1. The summed E-state index contributed by atoms with van der Waals surface area (Å²) in [5, 5.41) is 3.95. The van der Waals surface area contributed by atoms with E-state index in [0.29, 0.717) is 11.6 Å². The van der Waals surface area contributed by atoms with Crippen LogP contribution in [0.3, 0.4) is 0 Å². The lowest BCUT2D eigenvalue weighted by Crippen LogP contribution is -2.24. The second-order valence-corrected chi connectivity index (χ2v) is 7.95. The van der Waals surface area contributed by atoms with Gasteiger partial charge >= 0.3 is 0 Å². The van der Waals surface area contributed by atoms with Gasteiger partial charge in [-0.1, -0.05) is 17.7 Å². The molecule has 3 nitrogen and oxygen atoms in total. The van der Waals surface area contributed by atoms with E-state index in [2.05, 4.69) is 5.32 Å². The molecular formula is C13H18ClNO2S. The Balaban J connectivity index is 2.00. The van der Waals surface area contributed by atoms with Gasteiger partial charge in [-0.25, -0.2) is 8.42 Å². The zero-order chi connectivity index (χ0) is 13.4. The summed E-state index contributed by atoms with van der Waals surface area (Å²) in [4.78, 5) is 0. The molecule has 100 valence electrons. The minimum atomic E-state index is -2.91. The number of rotatable bonds is 5. The third kappa shape index (κ3) is 3.62. The van der Waals surface area contributed by atoms with Gasteiger partial charge in [-0.3, -0.25) is 0 Å². The highest BCUT2D eigenvalue weighted by Gasteiger charge is 2.44. The molecule has 1 aliphatic rings. The summed E-state index contributed by atoms with van der Waals surface area (Å²) in [6.07, 6.45) is 3.24. The zero-order valence-corrected chi connectivity index (χ0v) is 12.2. The van der Waals surface area contributed by atoms with E-state index in [1.807, 2.05) is 25.1 Å². The van der Waals surface area contributed by atoms with E-state index < -0.39 is 9.84 Å². The molecule has 1 N–H and O–H groups in total. The van der Waals surface area contributed by atoms with Gasteiger partial charge in [0.15, 0.2) is 0 Å². The van der Waals surface area contributed by atoms with Crippen molar-refractivity contribution in [3.8, 4) is 0 Å².